The van der Waals surface area contributed by atoms with Gasteiger partial charge in [-0.1, -0.05) is 12.1 Å². The van der Waals surface area contributed by atoms with Crippen molar-refractivity contribution in [1.29, 1.82) is 0 Å². The summed E-state index contributed by atoms with van der Waals surface area (Å²) < 4.78 is 10.2. The first-order chi connectivity index (χ1) is 11.1. The van der Waals surface area contributed by atoms with Crippen LogP contribution in [-0.2, 0) is 20.8 Å². The van der Waals surface area contributed by atoms with Gasteiger partial charge in [-0.2, -0.15) is 0 Å². The van der Waals surface area contributed by atoms with E-state index in [-0.39, 0.29) is 30.2 Å². The molecule has 1 atom stereocenters. The third-order valence-electron chi connectivity index (χ3n) is 4.01. The van der Waals surface area contributed by atoms with Crippen LogP contribution in [0.5, 0.6) is 0 Å². The lowest BCUT2D eigenvalue weighted by atomic mass is 9.92. The number of esters is 1. The lowest BCUT2D eigenvalue weighted by molar-refractivity contribution is -0.124. The third kappa shape index (κ3) is 5.78. The molecule has 2 rings (SSSR count). The van der Waals surface area contributed by atoms with Crippen molar-refractivity contribution in [2.45, 2.75) is 32.4 Å². The Morgan fingerprint density at radius 1 is 1.29 bits per heavy atom. The zero-order valence-corrected chi connectivity index (χ0v) is 14.6. The molecule has 1 amide bonds. The molecular weight excluding hydrogens is 332 g/mol. The maximum atomic E-state index is 12.1. The Morgan fingerprint density at radius 3 is 2.50 bits per heavy atom. The van der Waals surface area contributed by atoms with Crippen molar-refractivity contribution < 1.29 is 19.1 Å². The van der Waals surface area contributed by atoms with Gasteiger partial charge in [0.15, 0.2) is 0 Å². The van der Waals surface area contributed by atoms with Crippen LogP contribution in [-0.4, -0.2) is 37.7 Å². The van der Waals surface area contributed by atoms with Gasteiger partial charge in [-0.15, -0.1) is 12.4 Å². The molecule has 0 spiro atoms. The Morgan fingerprint density at radius 2 is 1.92 bits per heavy atom. The zero-order chi connectivity index (χ0) is 16.7. The number of nitrogens with two attached hydrogens (primary N) is 1. The topological polar surface area (TPSA) is 90.7 Å². The van der Waals surface area contributed by atoms with Crippen molar-refractivity contribution in [2.75, 3.05) is 19.8 Å². The van der Waals surface area contributed by atoms with E-state index in [0.29, 0.717) is 31.9 Å². The minimum atomic E-state index is -0.502. The second-order valence-electron chi connectivity index (χ2n) is 5.61. The van der Waals surface area contributed by atoms with Gasteiger partial charge in [0, 0.05) is 19.8 Å². The number of carbonyl (C=O) groups is 2. The Hall–Kier alpha value is -1.63. The predicted octanol–water partition coefficient (Wildman–Crippen LogP) is 1.66. The molecule has 1 aliphatic heterocycles. The first-order valence-corrected chi connectivity index (χ1v) is 7.99. The molecule has 0 aliphatic carbocycles. The van der Waals surface area contributed by atoms with E-state index in [0.717, 1.165) is 18.4 Å². The van der Waals surface area contributed by atoms with Crippen molar-refractivity contribution in [1.82, 2.24) is 5.32 Å². The lowest BCUT2D eigenvalue weighted by Crippen LogP contribution is -2.46. The summed E-state index contributed by atoms with van der Waals surface area (Å²) in [4.78, 5) is 23.7. The molecule has 1 aromatic carbocycles. The molecule has 1 aliphatic rings. The molecule has 24 heavy (non-hydrogen) atoms. The summed E-state index contributed by atoms with van der Waals surface area (Å²) in [5.74, 6) is -0.314. The first-order valence-electron chi connectivity index (χ1n) is 7.99. The number of hydrogen-bond acceptors (Lipinski definition) is 5. The first kappa shape index (κ1) is 20.4. The fraction of sp³-hybridized carbons (Fsp3) is 0.529. The van der Waals surface area contributed by atoms with Gasteiger partial charge >= 0.3 is 5.97 Å². The summed E-state index contributed by atoms with van der Waals surface area (Å²) >= 11 is 0. The van der Waals surface area contributed by atoms with Crippen molar-refractivity contribution in [3.8, 4) is 0 Å². The minimum Gasteiger partial charge on any atom is -0.462 e. The minimum absolute atomic E-state index is 0. The number of rotatable bonds is 6. The van der Waals surface area contributed by atoms with Gasteiger partial charge < -0.3 is 20.5 Å². The molecule has 1 heterocycles. The van der Waals surface area contributed by atoms with Gasteiger partial charge in [-0.05, 0) is 43.4 Å². The SMILES string of the molecule is CCOC(=O)c1ccc(CNC(=O)C(N)C2CCOCC2)cc1.Cl. The van der Waals surface area contributed by atoms with Crippen molar-refractivity contribution >= 4 is 24.3 Å². The Kier molecular flexibility index (Phi) is 8.74. The Balaban J connectivity index is 0.00000288. The summed E-state index contributed by atoms with van der Waals surface area (Å²) in [5.41, 5.74) is 7.43. The Labute approximate surface area is 148 Å². The fourth-order valence-electron chi connectivity index (χ4n) is 2.57. The van der Waals surface area contributed by atoms with E-state index in [9.17, 15) is 9.59 Å². The molecule has 3 N–H and O–H groups in total. The van der Waals surface area contributed by atoms with E-state index in [2.05, 4.69) is 5.32 Å². The number of nitrogens with one attached hydrogen (secondary N) is 1. The van der Waals surface area contributed by atoms with E-state index in [4.69, 9.17) is 15.2 Å². The van der Waals surface area contributed by atoms with E-state index < -0.39 is 6.04 Å². The van der Waals surface area contributed by atoms with Crippen LogP contribution in [0, 0.1) is 5.92 Å². The quantitative estimate of drug-likeness (QED) is 0.756. The maximum absolute atomic E-state index is 12.1. The zero-order valence-electron chi connectivity index (χ0n) is 13.8. The summed E-state index contributed by atoms with van der Waals surface area (Å²) in [6, 6.07) is 6.48. The van der Waals surface area contributed by atoms with E-state index >= 15 is 0 Å². The highest BCUT2D eigenvalue weighted by Gasteiger charge is 2.26. The second kappa shape index (κ2) is 10.3. The third-order valence-corrected chi connectivity index (χ3v) is 4.01. The molecule has 134 valence electrons. The molecular formula is C17H25ClN2O4. The molecule has 1 aromatic rings. The Bertz CT molecular complexity index is 530. The van der Waals surface area contributed by atoms with Crippen LogP contribution in [0.3, 0.4) is 0 Å². The van der Waals surface area contributed by atoms with Crippen molar-refractivity contribution in [3.05, 3.63) is 35.4 Å². The number of amides is 1. The van der Waals surface area contributed by atoms with Crippen molar-refractivity contribution in [2.24, 2.45) is 11.7 Å². The molecule has 0 saturated carbocycles. The molecule has 0 radical (unpaired) electrons. The van der Waals surface area contributed by atoms with Crippen molar-refractivity contribution in [3.63, 3.8) is 0 Å². The van der Waals surface area contributed by atoms with Crippen LogP contribution >= 0.6 is 12.4 Å². The molecule has 1 unspecified atom stereocenters. The molecule has 6 nitrogen and oxygen atoms in total. The van der Waals surface area contributed by atoms with E-state index in [1.54, 1.807) is 31.2 Å². The van der Waals surface area contributed by atoms with Gasteiger partial charge in [0.25, 0.3) is 0 Å². The second-order valence-corrected chi connectivity index (χ2v) is 5.61. The average molecular weight is 357 g/mol. The van der Waals surface area contributed by atoms with Crippen LogP contribution in [0.15, 0.2) is 24.3 Å². The average Bonchev–Trinajstić information content (AvgIpc) is 2.60. The highest BCUT2D eigenvalue weighted by Crippen LogP contribution is 2.17. The van der Waals surface area contributed by atoms with E-state index in [1.807, 2.05) is 0 Å². The summed E-state index contributed by atoms with van der Waals surface area (Å²) in [7, 11) is 0. The van der Waals surface area contributed by atoms with Crippen LogP contribution in [0.4, 0.5) is 0 Å². The summed E-state index contributed by atoms with van der Waals surface area (Å²) in [6.45, 7) is 3.84. The normalized spacial score (nSPS) is 15.9. The smallest absolute Gasteiger partial charge is 0.338 e. The van der Waals surface area contributed by atoms with Crippen LogP contribution in [0.25, 0.3) is 0 Å². The molecule has 1 saturated heterocycles. The molecule has 7 heteroatoms. The number of halogens is 1. The summed E-state index contributed by atoms with van der Waals surface area (Å²) in [5, 5.41) is 2.85. The van der Waals surface area contributed by atoms with Gasteiger partial charge in [0.1, 0.15) is 0 Å². The number of benzene rings is 1. The predicted molar refractivity (Wildman–Crippen MR) is 93.0 cm³/mol. The van der Waals surface area contributed by atoms with Gasteiger partial charge in [-0.25, -0.2) is 4.79 Å². The monoisotopic (exact) mass is 356 g/mol. The highest BCUT2D eigenvalue weighted by molar-refractivity contribution is 5.89. The van der Waals surface area contributed by atoms with Gasteiger partial charge in [0.2, 0.25) is 5.91 Å². The fourth-order valence-corrected chi connectivity index (χ4v) is 2.57. The van der Waals surface area contributed by atoms with Crippen LogP contribution < -0.4 is 11.1 Å². The van der Waals surface area contributed by atoms with E-state index in [1.165, 1.54) is 0 Å². The van der Waals surface area contributed by atoms with Gasteiger partial charge in [-0.3, -0.25) is 4.79 Å². The molecule has 0 aromatic heterocycles. The largest absolute Gasteiger partial charge is 0.462 e. The van der Waals surface area contributed by atoms with Crippen LogP contribution in [0.2, 0.25) is 0 Å². The van der Waals surface area contributed by atoms with Crippen LogP contribution in [0.1, 0.15) is 35.7 Å². The number of ether oxygens (including phenoxy) is 2. The van der Waals surface area contributed by atoms with Gasteiger partial charge in [0.05, 0.1) is 18.2 Å². The standard InChI is InChI=1S/C17H24N2O4.ClH/c1-2-23-17(21)14-5-3-12(4-6-14)11-19-16(20)15(18)13-7-9-22-10-8-13;/h3-6,13,15H,2,7-11,18H2,1H3,(H,19,20);1H. The number of carbonyl (C=O) groups excluding carboxylic acids is 2. The number of hydrogen-bond donors (Lipinski definition) is 2. The highest BCUT2D eigenvalue weighted by atomic mass is 35.5. The lowest BCUT2D eigenvalue weighted by Gasteiger charge is -2.26. The maximum Gasteiger partial charge on any atom is 0.338 e. The summed E-state index contributed by atoms with van der Waals surface area (Å²) in [6.07, 6.45) is 1.64. The molecule has 0 bridgehead atoms. The molecule has 1 fully saturated rings.